The molecule has 0 saturated carbocycles. The fraction of sp³-hybridized carbons (Fsp3) is 0.625. The second-order valence-electron chi connectivity index (χ2n) is 5.26. The lowest BCUT2D eigenvalue weighted by molar-refractivity contribution is 0.182. The number of halogens is 1. The zero-order chi connectivity index (χ0) is 14.2. The lowest BCUT2D eigenvalue weighted by Gasteiger charge is -2.26. The third kappa shape index (κ3) is 4.76. The number of hydrogen-bond donors (Lipinski definition) is 1. The molecular formula is C16H25BrN2O. The zero-order valence-corrected chi connectivity index (χ0v) is 13.9. The molecule has 1 heterocycles. The van der Waals surface area contributed by atoms with Crippen LogP contribution in [0, 0.1) is 0 Å². The molecule has 1 aromatic carbocycles. The summed E-state index contributed by atoms with van der Waals surface area (Å²) in [4.78, 5) is 2.50. The van der Waals surface area contributed by atoms with Crippen LogP contribution in [0.4, 0.5) is 0 Å². The Kier molecular flexibility index (Phi) is 6.83. The molecule has 3 nitrogen and oxygen atoms in total. The minimum Gasteiger partial charge on any atom is -0.491 e. The first-order valence-corrected chi connectivity index (χ1v) is 8.44. The Bertz CT molecular complexity index is 405. The largest absolute Gasteiger partial charge is 0.491 e. The summed E-state index contributed by atoms with van der Waals surface area (Å²) in [5.41, 5.74) is 1.22. The van der Waals surface area contributed by atoms with E-state index in [4.69, 9.17) is 4.74 Å². The van der Waals surface area contributed by atoms with Crippen LogP contribution in [0.3, 0.4) is 0 Å². The fourth-order valence-electron chi connectivity index (χ4n) is 2.57. The first kappa shape index (κ1) is 15.8. The Balaban J connectivity index is 1.87. The molecule has 1 aromatic rings. The SMILES string of the molecule is CCNCc1cccc(Br)c1OCCN1CCCCC1. The highest BCUT2D eigenvalue weighted by molar-refractivity contribution is 9.10. The smallest absolute Gasteiger partial charge is 0.138 e. The van der Waals surface area contributed by atoms with Gasteiger partial charge in [-0.2, -0.15) is 0 Å². The summed E-state index contributed by atoms with van der Waals surface area (Å²) in [6.07, 6.45) is 4.05. The first-order valence-electron chi connectivity index (χ1n) is 7.64. The summed E-state index contributed by atoms with van der Waals surface area (Å²) in [6.45, 7) is 8.19. The van der Waals surface area contributed by atoms with Crippen LogP contribution in [0.2, 0.25) is 0 Å². The maximum atomic E-state index is 6.04. The Morgan fingerprint density at radius 3 is 2.80 bits per heavy atom. The van der Waals surface area contributed by atoms with Crippen molar-refractivity contribution in [2.24, 2.45) is 0 Å². The molecule has 1 saturated heterocycles. The van der Waals surface area contributed by atoms with Gasteiger partial charge in [-0.25, -0.2) is 0 Å². The molecule has 2 rings (SSSR count). The molecule has 1 aliphatic heterocycles. The van der Waals surface area contributed by atoms with E-state index in [0.29, 0.717) is 0 Å². The Morgan fingerprint density at radius 2 is 2.05 bits per heavy atom. The second kappa shape index (κ2) is 8.65. The van der Waals surface area contributed by atoms with Crippen molar-refractivity contribution in [1.29, 1.82) is 0 Å². The van der Waals surface area contributed by atoms with Crippen molar-refractivity contribution in [2.75, 3.05) is 32.8 Å². The van der Waals surface area contributed by atoms with Crippen molar-refractivity contribution in [3.63, 3.8) is 0 Å². The molecule has 1 N–H and O–H groups in total. The van der Waals surface area contributed by atoms with E-state index < -0.39 is 0 Å². The third-order valence-corrected chi connectivity index (χ3v) is 4.34. The number of nitrogens with one attached hydrogen (secondary N) is 1. The number of hydrogen-bond acceptors (Lipinski definition) is 3. The van der Waals surface area contributed by atoms with Crippen LogP contribution in [0.25, 0.3) is 0 Å². The van der Waals surface area contributed by atoms with Gasteiger partial charge in [0.05, 0.1) is 4.47 Å². The van der Waals surface area contributed by atoms with E-state index in [1.54, 1.807) is 0 Å². The number of likely N-dealkylation sites (tertiary alicyclic amines) is 1. The standard InChI is InChI=1S/C16H25BrN2O/c1-2-18-13-14-7-6-8-15(17)16(14)20-12-11-19-9-4-3-5-10-19/h6-8,18H,2-5,9-13H2,1H3. The van der Waals surface area contributed by atoms with Crippen LogP contribution in [-0.2, 0) is 6.54 Å². The summed E-state index contributed by atoms with van der Waals surface area (Å²) in [6, 6.07) is 6.24. The third-order valence-electron chi connectivity index (χ3n) is 3.72. The predicted octanol–water partition coefficient (Wildman–Crippen LogP) is 3.42. The van der Waals surface area contributed by atoms with Gasteiger partial charge in [0.1, 0.15) is 12.4 Å². The number of para-hydroxylation sites is 1. The predicted molar refractivity (Wildman–Crippen MR) is 87.3 cm³/mol. The van der Waals surface area contributed by atoms with E-state index in [9.17, 15) is 0 Å². The maximum absolute atomic E-state index is 6.04. The van der Waals surface area contributed by atoms with Crippen LogP contribution < -0.4 is 10.1 Å². The van der Waals surface area contributed by atoms with Crippen LogP contribution >= 0.6 is 15.9 Å². The van der Waals surface area contributed by atoms with Gasteiger partial charge in [-0.05, 0) is 54.5 Å². The van der Waals surface area contributed by atoms with Gasteiger partial charge in [0, 0.05) is 18.7 Å². The molecule has 0 bridgehead atoms. The van der Waals surface area contributed by atoms with Crippen LogP contribution in [0.5, 0.6) is 5.75 Å². The molecule has 0 atom stereocenters. The van der Waals surface area contributed by atoms with Gasteiger partial charge < -0.3 is 10.1 Å². The van der Waals surface area contributed by atoms with Crippen molar-refractivity contribution in [2.45, 2.75) is 32.7 Å². The van der Waals surface area contributed by atoms with E-state index in [1.165, 1.54) is 37.9 Å². The Hall–Kier alpha value is -0.580. The van der Waals surface area contributed by atoms with Gasteiger partial charge >= 0.3 is 0 Å². The lowest BCUT2D eigenvalue weighted by Crippen LogP contribution is -2.33. The van der Waals surface area contributed by atoms with Gasteiger partial charge in [-0.3, -0.25) is 4.90 Å². The monoisotopic (exact) mass is 340 g/mol. The zero-order valence-electron chi connectivity index (χ0n) is 12.3. The molecule has 0 unspecified atom stereocenters. The van der Waals surface area contributed by atoms with Crippen molar-refractivity contribution in [3.8, 4) is 5.75 Å². The van der Waals surface area contributed by atoms with Crippen molar-refractivity contribution < 1.29 is 4.74 Å². The highest BCUT2D eigenvalue weighted by Crippen LogP contribution is 2.29. The molecule has 0 spiro atoms. The van der Waals surface area contributed by atoms with Gasteiger partial charge in [0.2, 0.25) is 0 Å². The number of rotatable bonds is 7. The van der Waals surface area contributed by atoms with E-state index >= 15 is 0 Å². The summed E-state index contributed by atoms with van der Waals surface area (Å²) in [7, 11) is 0. The second-order valence-corrected chi connectivity index (χ2v) is 6.11. The number of benzene rings is 1. The highest BCUT2D eigenvalue weighted by Gasteiger charge is 2.11. The van der Waals surface area contributed by atoms with Crippen molar-refractivity contribution >= 4 is 15.9 Å². The number of ether oxygens (including phenoxy) is 1. The van der Waals surface area contributed by atoms with E-state index in [1.807, 2.05) is 6.07 Å². The van der Waals surface area contributed by atoms with Gasteiger partial charge in [-0.1, -0.05) is 25.5 Å². The Morgan fingerprint density at radius 1 is 1.25 bits per heavy atom. The maximum Gasteiger partial charge on any atom is 0.138 e. The normalized spacial score (nSPS) is 16.3. The molecule has 0 radical (unpaired) electrons. The molecule has 0 amide bonds. The molecule has 112 valence electrons. The molecule has 20 heavy (non-hydrogen) atoms. The topological polar surface area (TPSA) is 24.5 Å². The minimum atomic E-state index is 0.766. The molecule has 1 fully saturated rings. The van der Waals surface area contributed by atoms with E-state index in [0.717, 1.165) is 36.5 Å². The summed E-state index contributed by atoms with van der Waals surface area (Å²) in [5.74, 6) is 0.991. The van der Waals surface area contributed by atoms with Crippen LogP contribution in [-0.4, -0.2) is 37.7 Å². The molecule has 0 aromatic heterocycles. The van der Waals surface area contributed by atoms with E-state index in [-0.39, 0.29) is 0 Å². The average molecular weight is 341 g/mol. The first-order chi connectivity index (χ1) is 9.81. The summed E-state index contributed by atoms with van der Waals surface area (Å²) < 4.78 is 7.09. The summed E-state index contributed by atoms with van der Waals surface area (Å²) >= 11 is 3.60. The van der Waals surface area contributed by atoms with Crippen molar-refractivity contribution in [3.05, 3.63) is 28.2 Å². The fourth-order valence-corrected chi connectivity index (χ4v) is 3.10. The highest BCUT2D eigenvalue weighted by atomic mass is 79.9. The van der Waals surface area contributed by atoms with Crippen molar-refractivity contribution in [1.82, 2.24) is 10.2 Å². The molecular weight excluding hydrogens is 316 g/mol. The quantitative estimate of drug-likeness (QED) is 0.822. The van der Waals surface area contributed by atoms with Gasteiger partial charge in [0.25, 0.3) is 0 Å². The lowest BCUT2D eigenvalue weighted by atomic mass is 10.1. The Labute approximate surface area is 130 Å². The number of nitrogens with zero attached hydrogens (tertiary/aromatic N) is 1. The average Bonchev–Trinajstić information content (AvgIpc) is 2.48. The minimum absolute atomic E-state index is 0.766. The van der Waals surface area contributed by atoms with E-state index in [2.05, 4.69) is 45.2 Å². The summed E-state index contributed by atoms with van der Waals surface area (Å²) in [5, 5.41) is 3.36. The molecule has 4 heteroatoms. The van der Waals surface area contributed by atoms with Gasteiger partial charge in [-0.15, -0.1) is 0 Å². The van der Waals surface area contributed by atoms with Crippen LogP contribution in [0.15, 0.2) is 22.7 Å². The van der Waals surface area contributed by atoms with Gasteiger partial charge in [0.15, 0.2) is 0 Å². The molecule has 1 aliphatic rings. The number of piperidine rings is 1. The molecule has 0 aliphatic carbocycles. The van der Waals surface area contributed by atoms with Crippen LogP contribution in [0.1, 0.15) is 31.7 Å².